The van der Waals surface area contributed by atoms with E-state index in [0.29, 0.717) is 5.56 Å². The first kappa shape index (κ1) is 16.8. The van der Waals surface area contributed by atoms with E-state index in [1.165, 1.54) is 12.3 Å². The summed E-state index contributed by atoms with van der Waals surface area (Å²) >= 11 is 5.88. The van der Waals surface area contributed by atoms with E-state index >= 15 is 0 Å². The Morgan fingerprint density at radius 3 is 2.73 bits per heavy atom. The zero-order valence-electron chi connectivity index (χ0n) is 11.5. The Morgan fingerprint density at radius 1 is 1.32 bits per heavy atom. The fourth-order valence-corrected chi connectivity index (χ4v) is 3.81. The van der Waals surface area contributed by atoms with Crippen molar-refractivity contribution >= 4 is 21.6 Å². The maximum Gasteiger partial charge on any atom is 0.245 e. The highest BCUT2D eigenvalue weighted by Gasteiger charge is 2.27. The molecule has 0 fully saturated rings. The minimum atomic E-state index is -4.04. The Labute approximate surface area is 133 Å². The fraction of sp³-hybridized carbons (Fsp3) is 0.214. The molecule has 118 valence electrons. The van der Waals surface area contributed by atoms with Crippen LogP contribution < -0.4 is 0 Å². The third-order valence-electron chi connectivity index (χ3n) is 2.94. The second kappa shape index (κ2) is 7.15. The van der Waals surface area contributed by atoms with Crippen molar-refractivity contribution in [3.8, 4) is 0 Å². The molecule has 1 aromatic heterocycles. The SMILES string of the molecule is O=S(=O)(c1cc(F)ccc1Cl)N(CCO)Cc1cccnc1. The molecule has 0 amide bonds. The van der Waals surface area contributed by atoms with E-state index in [1.807, 2.05) is 0 Å². The first-order valence-corrected chi connectivity index (χ1v) is 8.22. The molecular formula is C14H14ClFN2O3S. The van der Waals surface area contributed by atoms with Crippen LogP contribution in [0.4, 0.5) is 4.39 Å². The summed E-state index contributed by atoms with van der Waals surface area (Å²) in [6.45, 7) is -0.500. The van der Waals surface area contributed by atoms with Crippen LogP contribution >= 0.6 is 11.6 Å². The van der Waals surface area contributed by atoms with Gasteiger partial charge in [-0.25, -0.2) is 12.8 Å². The quantitative estimate of drug-likeness (QED) is 0.870. The number of benzene rings is 1. The highest BCUT2D eigenvalue weighted by atomic mass is 35.5. The lowest BCUT2D eigenvalue weighted by Crippen LogP contribution is -2.33. The van der Waals surface area contributed by atoms with Crippen LogP contribution in [0.5, 0.6) is 0 Å². The number of aliphatic hydroxyl groups is 1. The highest BCUT2D eigenvalue weighted by molar-refractivity contribution is 7.89. The van der Waals surface area contributed by atoms with Crippen molar-refractivity contribution in [3.05, 3.63) is 59.1 Å². The summed E-state index contributed by atoms with van der Waals surface area (Å²) in [7, 11) is -4.04. The van der Waals surface area contributed by atoms with Crippen LogP contribution in [0.15, 0.2) is 47.6 Å². The number of sulfonamides is 1. The van der Waals surface area contributed by atoms with Crippen LogP contribution in [0, 0.1) is 5.82 Å². The lowest BCUT2D eigenvalue weighted by Gasteiger charge is -2.22. The molecule has 1 heterocycles. The smallest absolute Gasteiger partial charge is 0.245 e. The summed E-state index contributed by atoms with van der Waals surface area (Å²) in [5.41, 5.74) is 0.645. The van der Waals surface area contributed by atoms with Gasteiger partial charge in [0, 0.05) is 25.5 Å². The van der Waals surface area contributed by atoms with Gasteiger partial charge < -0.3 is 5.11 Å². The molecule has 5 nitrogen and oxygen atoms in total. The molecule has 0 radical (unpaired) electrons. The molecule has 0 aliphatic rings. The van der Waals surface area contributed by atoms with Gasteiger partial charge in [0.05, 0.1) is 11.6 Å². The zero-order chi connectivity index (χ0) is 16.2. The molecule has 8 heteroatoms. The van der Waals surface area contributed by atoms with Gasteiger partial charge >= 0.3 is 0 Å². The number of aliphatic hydroxyl groups excluding tert-OH is 1. The van der Waals surface area contributed by atoms with Gasteiger partial charge in [0.1, 0.15) is 10.7 Å². The van der Waals surface area contributed by atoms with Crippen LogP contribution in [-0.4, -0.2) is 36.0 Å². The van der Waals surface area contributed by atoms with E-state index < -0.39 is 15.8 Å². The summed E-state index contributed by atoms with van der Waals surface area (Å²) in [5, 5.41) is 9.05. The van der Waals surface area contributed by atoms with E-state index in [2.05, 4.69) is 4.98 Å². The molecule has 22 heavy (non-hydrogen) atoms. The van der Waals surface area contributed by atoms with Crippen LogP contribution in [0.25, 0.3) is 0 Å². The second-order valence-corrected chi connectivity index (χ2v) is 6.81. The van der Waals surface area contributed by atoms with E-state index in [-0.39, 0.29) is 29.6 Å². The Hall–Kier alpha value is -1.54. The van der Waals surface area contributed by atoms with Crippen LogP contribution in [-0.2, 0) is 16.6 Å². The Bertz CT molecular complexity index is 741. The minimum absolute atomic E-state index is 0.00355. The van der Waals surface area contributed by atoms with Crippen LogP contribution in [0.2, 0.25) is 5.02 Å². The molecule has 1 aromatic carbocycles. The molecule has 0 atom stereocenters. The van der Waals surface area contributed by atoms with Gasteiger partial charge in [0.2, 0.25) is 10.0 Å². The van der Waals surface area contributed by atoms with Crippen molar-refractivity contribution in [3.63, 3.8) is 0 Å². The van der Waals surface area contributed by atoms with E-state index in [1.54, 1.807) is 18.3 Å². The van der Waals surface area contributed by atoms with Crippen molar-refractivity contribution < 1.29 is 17.9 Å². The molecule has 0 spiro atoms. The van der Waals surface area contributed by atoms with Gasteiger partial charge in [-0.3, -0.25) is 4.98 Å². The Balaban J connectivity index is 2.39. The fourth-order valence-electron chi connectivity index (χ4n) is 1.91. The summed E-state index contributed by atoms with van der Waals surface area (Å²) in [6.07, 6.45) is 3.09. The topological polar surface area (TPSA) is 70.5 Å². The lowest BCUT2D eigenvalue weighted by molar-refractivity contribution is 0.251. The molecule has 0 saturated heterocycles. The average molecular weight is 345 g/mol. The standard InChI is InChI=1S/C14H14ClFN2O3S/c15-13-4-3-12(16)8-14(13)22(20,21)18(6-7-19)10-11-2-1-5-17-9-11/h1-5,8-9,19H,6-7,10H2. The van der Waals surface area contributed by atoms with Gasteiger partial charge in [0.15, 0.2) is 0 Å². The van der Waals surface area contributed by atoms with Crippen molar-refractivity contribution in [1.82, 2.24) is 9.29 Å². The summed E-state index contributed by atoms with van der Waals surface area (Å²) in [5.74, 6) is -0.701. The van der Waals surface area contributed by atoms with Crippen molar-refractivity contribution in [2.45, 2.75) is 11.4 Å². The average Bonchev–Trinajstić information content (AvgIpc) is 2.50. The monoisotopic (exact) mass is 344 g/mol. The number of aromatic nitrogens is 1. The lowest BCUT2D eigenvalue weighted by atomic mass is 10.3. The normalized spacial score (nSPS) is 11.8. The number of hydrogen-bond donors (Lipinski definition) is 1. The summed E-state index contributed by atoms with van der Waals surface area (Å²) in [4.78, 5) is 3.59. The van der Waals surface area contributed by atoms with Gasteiger partial charge in [-0.2, -0.15) is 4.31 Å². The zero-order valence-corrected chi connectivity index (χ0v) is 13.1. The number of hydrogen-bond acceptors (Lipinski definition) is 4. The molecule has 0 bridgehead atoms. The number of rotatable bonds is 6. The molecule has 0 saturated carbocycles. The first-order chi connectivity index (χ1) is 10.4. The number of pyridine rings is 1. The molecule has 0 aliphatic carbocycles. The largest absolute Gasteiger partial charge is 0.395 e. The summed E-state index contributed by atoms with van der Waals surface area (Å²) in [6, 6.07) is 6.52. The first-order valence-electron chi connectivity index (χ1n) is 6.40. The van der Waals surface area contributed by atoms with Gasteiger partial charge in [0.25, 0.3) is 0 Å². The predicted octanol–water partition coefficient (Wildman–Crippen LogP) is 2.06. The Kier molecular flexibility index (Phi) is 5.47. The molecule has 0 unspecified atom stereocenters. The van der Waals surface area contributed by atoms with Crippen LogP contribution in [0.1, 0.15) is 5.56 Å². The van der Waals surface area contributed by atoms with Gasteiger partial charge in [-0.1, -0.05) is 17.7 Å². The molecule has 2 aromatic rings. The van der Waals surface area contributed by atoms with Gasteiger partial charge in [-0.05, 0) is 29.8 Å². The maximum absolute atomic E-state index is 13.4. The molecule has 1 N–H and O–H groups in total. The van der Waals surface area contributed by atoms with E-state index in [4.69, 9.17) is 16.7 Å². The van der Waals surface area contributed by atoms with Crippen molar-refractivity contribution in [2.75, 3.05) is 13.2 Å². The third kappa shape index (κ3) is 3.80. The third-order valence-corrected chi connectivity index (χ3v) is 5.27. The Morgan fingerprint density at radius 2 is 2.09 bits per heavy atom. The second-order valence-electron chi connectivity index (χ2n) is 4.50. The summed E-state index contributed by atoms with van der Waals surface area (Å²) < 4.78 is 39.7. The van der Waals surface area contributed by atoms with Crippen molar-refractivity contribution in [2.24, 2.45) is 0 Å². The molecule has 2 rings (SSSR count). The molecule has 0 aliphatic heterocycles. The van der Waals surface area contributed by atoms with Crippen molar-refractivity contribution in [1.29, 1.82) is 0 Å². The highest BCUT2D eigenvalue weighted by Crippen LogP contribution is 2.26. The number of halogens is 2. The predicted molar refractivity (Wildman–Crippen MR) is 80.3 cm³/mol. The molecular weight excluding hydrogens is 331 g/mol. The van der Waals surface area contributed by atoms with E-state index in [0.717, 1.165) is 16.4 Å². The minimum Gasteiger partial charge on any atom is -0.395 e. The number of nitrogens with zero attached hydrogens (tertiary/aromatic N) is 2. The maximum atomic E-state index is 13.4. The van der Waals surface area contributed by atoms with E-state index in [9.17, 15) is 12.8 Å². The van der Waals surface area contributed by atoms with Gasteiger partial charge in [-0.15, -0.1) is 0 Å². The van der Waals surface area contributed by atoms with Crippen LogP contribution in [0.3, 0.4) is 0 Å².